The molecule has 1 aliphatic carbocycles. The van der Waals surface area contributed by atoms with E-state index >= 15 is 0 Å². The molecule has 2 aromatic rings. The SMILES string of the molecule is N#Cc1c(N2CCC3(CC2)CC3)c2cc(=S)[nH]cc2[nH]c1=O. The van der Waals surface area contributed by atoms with Gasteiger partial charge in [-0.15, -0.1) is 0 Å². The van der Waals surface area contributed by atoms with Gasteiger partial charge in [0.05, 0.1) is 11.2 Å². The molecule has 22 heavy (non-hydrogen) atoms. The number of pyridine rings is 2. The van der Waals surface area contributed by atoms with Crippen LogP contribution in [0.5, 0.6) is 0 Å². The summed E-state index contributed by atoms with van der Waals surface area (Å²) >= 11 is 5.21. The molecule has 2 fully saturated rings. The number of H-pyrrole nitrogens is 2. The molecule has 1 aliphatic heterocycles. The van der Waals surface area contributed by atoms with Crippen molar-refractivity contribution in [2.75, 3.05) is 18.0 Å². The second kappa shape index (κ2) is 4.68. The van der Waals surface area contributed by atoms with Crippen LogP contribution in [-0.4, -0.2) is 23.1 Å². The van der Waals surface area contributed by atoms with Crippen molar-refractivity contribution in [3.63, 3.8) is 0 Å². The monoisotopic (exact) mass is 312 g/mol. The summed E-state index contributed by atoms with van der Waals surface area (Å²) in [7, 11) is 0. The molecule has 0 atom stereocenters. The lowest BCUT2D eigenvalue weighted by Gasteiger charge is -2.34. The summed E-state index contributed by atoms with van der Waals surface area (Å²) in [5.41, 5.74) is 1.86. The molecule has 1 spiro atoms. The standard InChI is InChI=1S/C16H16N4OS/c17-8-11-14(20-5-3-16(1-2-16)4-6-20)10-7-13(22)18-9-12(10)19-15(11)21/h7,9H,1-6H2,(H,18,22)(H,19,21). The van der Waals surface area contributed by atoms with E-state index in [0.717, 1.165) is 37.0 Å². The van der Waals surface area contributed by atoms with Crippen molar-refractivity contribution in [1.29, 1.82) is 5.26 Å². The smallest absolute Gasteiger partial charge is 0.268 e. The van der Waals surface area contributed by atoms with Crippen LogP contribution >= 0.6 is 12.2 Å². The summed E-state index contributed by atoms with van der Waals surface area (Å²) in [6.07, 6.45) is 6.65. The Bertz CT molecular complexity index is 906. The van der Waals surface area contributed by atoms with Crippen molar-refractivity contribution >= 4 is 28.8 Å². The fourth-order valence-corrected chi connectivity index (χ4v) is 3.69. The fourth-order valence-electron chi connectivity index (χ4n) is 3.51. The van der Waals surface area contributed by atoms with Crippen LogP contribution in [0.2, 0.25) is 0 Å². The van der Waals surface area contributed by atoms with Gasteiger partial charge in [0, 0.05) is 24.7 Å². The summed E-state index contributed by atoms with van der Waals surface area (Å²) in [5, 5.41) is 10.3. The molecule has 0 unspecified atom stereocenters. The summed E-state index contributed by atoms with van der Waals surface area (Å²) in [6.45, 7) is 1.80. The Hall–Kier alpha value is -2.13. The number of piperidine rings is 1. The van der Waals surface area contributed by atoms with Crippen LogP contribution in [0, 0.1) is 21.4 Å². The first-order valence-electron chi connectivity index (χ1n) is 7.56. The zero-order valence-electron chi connectivity index (χ0n) is 12.1. The van der Waals surface area contributed by atoms with Crippen LogP contribution in [0.3, 0.4) is 0 Å². The Morgan fingerprint density at radius 3 is 2.64 bits per heavy atom. The second-order valence-electron chi connectivity index (χ2n) is 6.40. The van der Waals surface area contributed by atoms with Crippen LogP contribution in [-0.2, 0) is 0 Å². The molecule has 112 valence electrons. The van der Waals surface area contributed by atoms with Gasteiger partial charge in [-0.25, -0.2) is 0 Å². The van der Waals surface area contributed by atoms with E-state index in [4.69, 9.17) is 12.2 Å². The van der Waals surface area contributed by atoms with E-state index in [2.05, 4.69) is 20.9 Å². The lowest BCUT2D eigenvalue weighted by atomic mass is 9.93. The van der Waals surface area contributed by atoms with E-state index in [9.17, 15) is 10.1 Å². The third kappa shape index (κ3) is 2.04. The Morgan fingerprint density at radius 2 is 2.00 bits per heavy atom. The number of aromatic nitrogens is 2. The minimum atomic E-state index is -0.331. The highest BCUT2D eigenvalue weighted by Crippen LogP contribution is 2.54. The van der Waals surface area contributed by atoms with Crippen molar-refractivity contribution in [2.24, 2.45) is 5.41 Å². The number of nitrogens with zero attached hydrogens (tertiary/aromatic N) is 2. The Kier molecular flexibility index (Phi) is 2.88. The summed E-state index contributed by atoms with van der Waals surface area (Å²) in [5.74, 6) is 0. The lowest BCUT2D eigenvalue weighted by Crippen LogP contribution is -2.36. The molecule has 1 saturated heterocycles. The van der Waals surface area contributed by atoms with Crippen molar-refractivity contribution in [1.82, 2.24) is 9.97 Å². The summed E-state index contributed by atoms with van der Waals surface area (Å²) in [4.78, 5) is 20.1. The van der Waals surface area contributed by atoms with Crippen molar-refractivity contribution in [3.05, 3.63) is 32.8 Å². The molecule has 2 aliphatic rings. The molecule has 3 heterocycles. The topological polar surface area (TPSA) is 75.7 Å². The van der Waals surface area contributed by atoms with Crippen molar-refractivity contribution in [3.8, 4) is 6.07 Å². The van der Waals surface area contributed by atoms with Crippen LogP contribution in [0.15, 0.2) is 17.1 Å². The number of anilines is 1. The summed E-state index contributed by atoms with van der Waals surface area (Å²) in [6, 6.07) is 3.91. The van der Waals surface area contributed by atoms with E-state index in [1.165, 1.54) is 12.8 Å². The Morgan fingerprint density at radius 1 is 1.27 bits per heavy atom. The maximum Gasteiger partial charge on any atom is 0.268 e. The van der Waals surface area contributed by atoms with Gasteiger partial charge in [0.25, 0.3) is 5.56 Å². The third-order valence-corrected chi connectivity index (χ3v) is 5.34. The number of nitriles is 1. The minimum absolute atomic E-state index is 0.194. The van der Waals surface area contributed by atoms with E-state index in [1.54, 1.807) is 6.20 Å². The van der Waals surface area contributed by atoms with E-state index in [1.807, 2.05) is 6.07 Å². The van der Waals surface area contributed by atoms with Gasteiger partial charge in [-0.1, -0.05) is 12.2 Å². The van der Waals surface area contributed by atoms with Gasteiger partial charge in [0.1, 0.15) is 16.3 Å². The second-order valence-corrected chi connectivity index (χ2v) is 6.84. The number of nitrogens with one attached hydrogen (secondary N) is 2. The van der Waals surface area contributed by atoms with Gasteiger partial charge in [0.15, 0.2) is 0 Å². The number of fused-ring (bicyclic) bond motifs is 1. The highest BCUT2D eigenvalue weighted by molar-refractivity contribution is 7.71. The molecule has 2 N–H and O–H groups in total. The quantitative estimate of drug-likeness (QED) is 0.794. The lowest BCUT2D eigenvalue weighted by molar-refractivity contribution is 0.385. The van der Waals surface area contributed by atoms with Crippen LogP contribution in [0.4, 0.5) is 5.69 Å². The van der Waals surface area contributed by atoms with Gasteiger partial charge in [-0.2, -0.15) is 5.26 Å². The predicted octanol–water partition coefficient (Wildman–Crippen LogP) is 2.84. The first kappa shape index (κ1) is 13.5. The molecule has 0 radical (unpaired) electrons. The van der Waals surface area contributed by atoms with Crippen molar-refractivity contribution in [2.45, 2.75) is 25.7 Å². The fraction of sp³-hybridized carbons (Fsp3) is 0.438. The van der Waals surface area contributed by atoms with E-state index < -0.39 is 0 Å². The molecule has 0 amide bonds. The average Bonchev–Trinajstić information content (AvgIpc) is 3.27. The molecule has 0 aromatic carbocycles. The Labute approximate surface area is 132 Å². The van der Waals surface area contributed by atoms with Crippen LogP contribution in [0.1, 0.15) is 31.2 Å². The third-order valence-electron chi connectivity index (χ3n) is 5.10. The number of hydrogen-bond donors (Lipinski definition) is 2. The number of aromatic amines is 2. The molecular weight excluding hydrogens is 296 g/mol. The molecular formula is C16H16N4OS. The predicted molar refractivity (Wildman–Crippen MR) is 87.6 cm³/mol. The van der Waals surface area contributed by atoms with Gasteiger partial charge < -0.3 is 14.9 Å². The average molecular weight is 312 g/mol. The molecule has 2 aromatic heterocycles. The first-order chi connectivity index (χ1) is 10.6. The van der Waals surface area contributed by atoms with Crippen LogP contribution < -0.4 is 10.5 Å². The summed E-state index contributed by atoms with van der Waals surface area (Å²) < 4.78 is 0.598. The number of rotatable bonds is 1. The molecule has 4 rings (SSSR count). The van der Waals surface area contributed by atoms with Gasteiger partial charge in [-0.05, 0) is 37.2 Å². The van der Waals surface area contributed by atoms with E-state index in [-0.39, 0.29) is 11.1 Å². The highest BCUT2D eigenvalue weighted by atomic mass is 32.1. The maximum atomic E-state index is 12.2. The Balaban J connectivity index is 1.90. The van der Waals surface area contributed by atoms with Gasteiger partial charge >= 0.3 is 0 Å². The van der Waals surface area contributed by atoms with E-state index in [0.29, 0.717) is 15.6 Å². The van der Waals surface area contributed by atoms with Gasteiger partial charge in [-0.3, -0.25) is 4.79 Å². The maximum absolute atomic E-state index is 12.2. The number of hydrogen-bond acceptors (Lipinski definition) is 4. The first-order valence-corrected chi connectivity index (χ1v) is 7.97. The minimum Gasteiger partial charge on any atom is -0.370 e. The zero-order valence-corrected chi connectivity index (χ0v) is 12.9. The van der Waals surface area contributed by atoms with Gasteiger partial charge in [0.2, 0.25) is 0 Å². The highest BCUT2D eigenvalue weighted by Gasteiger charge is 2.44. The van der Waals surface area contributed by atoms with Crippen LogP contribution in [0.25, 0.3) is 10.9 Å². The molecule has 0 bridgehead atoms. The zero-order chi connectivity index (χ0) is 15.3. The molecule has 1 saturated carbocycles. The molecule has 6 heteroatoms. The van der Waals surface area contributed by atoms with Crippen molar-refractivity contribution < 1.29 is 0 Å². The largest absolute Gasteiger partial charge is 0.370 e. The normalized spacial score (nSPS) is 19.3. The molecule has 5 nitrogen and oxygen atoms in total.